The van der Waals surface area contributed by atoms with Gasteiger partial charge in [-0.15, -0.1) is 0 Å². The van der Waals surface area contributed by atoms with E-state index in [0.29, 0.717) is 44.6 Å². The molecule has 5 aromatic carbocycles. The first kappa shape index (κ1) is 31.7. The van der Waals surface area contributed by atoms with Gasteiger partial charge in [0.1, 0.15) is 4.90 Å². The monoisotopic (exact) mass is 647 g/mol. The van der Waals surface area contributed by atoms with Crippen LogP contribution in [0.25, 0.3) is 33.1 Å². The molecule has 1 aromatic heterocycles. The lowest BCUT2D eigenvalue weighted by Crippen LogP contribution is -2.08. The van der Waals surface area contributed by atoms with Crippen molar-refractivity contribution in [3.05, 3.63) is 118 Å². The molecule has 0 atom stereocenters. The fraction of sp³-hybridized carbons (Fsp3) is 0.158. The Kier molecular flexibility index (Phi) is 7.99. The molecule has 0 spiro atoms. The maximum Gasteiger partial charge on any atom is 0.363 e. The molecule has 0 amide bonds. The number of carboxylic acid groups (broad SMARTS) is 1. The van der Waals surface area contributed by atoms with E-state index in [-0.39, 0.29) is 10.5 Å². The smallest absolute Gasteiger partial charge is 0.363 e. The van der Waals surface area contributed by atoms with Gasteiger partial charge in [-0.2, -0.15) is 8.42 Å². The van der Waals surface area contributed by atoms with Crippen LogP contribution in [0, 0.1) is 41.5 Å². The van der Waals surface area contributed by atoms with Gasteiger partial charge in [-0.25, -0.2) is 9.21 Å². The second kappa shape index (κ2) is 11.8. The van der Waals surface area contributed by atoms with Crippen molar-refractivity contribution in [2.75, 3.05) is 10.6 Å². The van der Waals surface area contributed by atoms with Crippen molar-refractivity contribution in [2.45, 2.75) is 46.4 Å². The third-order valence-electron chi connectivity index (χ3n) is 8.52. The van der Waals surface area contributed by atoms with Crippen LogP contribution in [-0.2, 0) is 10.1 Å². The second-order valence-electron chi connectivity index (χ2n) is 12.1. The fourth-order valence-corrected chi connectivity index (χ4v) is 7.60. The number of aromatic carboxylic acids is 1. The van der Waals surface area contributed by atoms with E-state index in [1.165, 1.54) is 5.56 Å². The highest BCUT2D eigenvalue weighted by molar-refractivity contribution is 7.86. The number of fused-ring (bicyclic) bond motifs is 2. The Morgan fingerprint density at radius 2 is 1.21 bits per heavy atom. The van der Waals surface area contributed by atoms with Gasteiger partial charge < -0.3 is 15.7 Å². The van der Waals surface area contributed by atoms with Crippen molar-refractivity contribution >= 4 is 60.8 Å². The topological polar surface area (TPSA) is 127 Å². The highest BCUT2D eigenvalue weighted by Gasteiger charge is 2.25. The molecule has 0 aliphatic rings. The average Bonchev–Trinajstić information content (AvgIpc) is 2.98. The summed E-state index contributed by atoms with van der Waals surface area (Å²) in [5, 5.41) is 18.4. The Morgan fingerprint density at radius 3 is 1.77 bits per heavy atom. The molecule has 238 valence electrons. The molecule has 0 radical (unpaired) electrons. The zero-order chi connectivity index (χ0) is 33.8. The fourth-order valence-electron chi connectivity index (χ4n) is 6.65. The first-order valence-electron chi connectivity index (χ1n) is 15.1. The van der Waals surface area contributed by atoms with Crippen molar-refractivity contribution < 1.29 is 27.3 Å². The summed E-state index contributed by atoms with van der Waals surface area (Å²) in [5.74, 6) is -1.04. The number of hydrogen-bond acceptors (Lipinski definition) is 5. The lowest BCUT2D eigenvalue weighted by atomic mass is 9.93. The van der Waals surface area contributed by atoms with Crippen LogP contribution in [0.2, 0.25) is 0 Å². The molecule has 0 fully saturated rings. The minimum absolute atomic E-state index is 0.131. The predicted molar refractivity (Wildman–Crippen MR) is 188 cm³/mol. The van der Waals surface area contributed by atoms with E-state index in [4.69, 9.17) is 4.42 Å². The first-order valence-corrected chi connectivity index (χ1v) is 16.5. The highest BCUT2D eigenvalue weighted by Crippen LogP contribution is 2.41. The Hall–Kier alpha value is -5.25. The Morgan fingerprint density at radius 1 is 0.681 bits per heavy atom. The van der Waals surface area contributed by atoms with Crippen molar-refractivity contribution in [2.24, 2.45) is 0 Å². The summed E-state index contributed by atoms with van der Waals surface area (Å²) in [6.07, 6.45) is 0. The van der Waals surface area contributed by atoms with E-state index in [9.17, 15) is 22.9 Å². The number of rotatable bonds is 7. The Bertz CT molecular complexity index is 2360. The third kappa shape index (κ3) is 5.91. The average molecular weight is 648 g/mol. The number of benzene rings is 5. The number of carboxylic acids is 1. The summed E-state index contributed by atoms with van der Waals surface area (Å²) in [6.45, 7) is 11.4. The van der Waals surface area contributed by atoms with Gasteiger partial charge in [-0.3, -0.25) is 4.55 Å². The number of anilines is 4. The molecule has 8 nitrogen and oxygen atoms in total. The number of hydrogen-bond donors (Lipinski definition) is 4. The van der Waals surface area contributed by atoms with Gasteiger partial charge in [0.25, 0.3) is 10.1 Å². The lowest BCUT2D eigenvalue weighted by Gasteiger charge is -2.17. The maximum atomic E-state index is 12.4. The van der Waals surface area contributed by atoms with Crippen molar-refractivity contribution in [3.8, 4) is 11.1 Å². The van der Waals surface area contributed by atoms with Crippen LogP contribution in [0.5, 0.6) is 0 Å². The zero-order valence-corrected chi connectivity index (χ0v) is 27.8. The molecule has 4 N–H and O–H groups in total. The van der Waals surface area contributed by atoms with Gasteiger partial charge in [0.05, 0.1) is 28.5 Å². The maximum absolute atomic E-state index is 12.4. The zero-order valence-electron chi connectivity index (χ0n) is 26.9. The summed E-state index contributed by atoms with van der Waals surface area (Å²) in [7, 11) is -4.45. The standard InChI is InChI=1S/C38H34N2O6S/c1-20-15-21(2)35(22(3)16-20)39-26-11-13-30-32(18-26)46-33-19-27(40-36-23(4)17-24(5)37(25(36)6)47(43,44)45)12-14-31(33)34(30)28-9-7-8-10-29(28)38(41)42/h7-19,39-40H,1-6H3,(H-,41,42,43,44,45)/p+1. The molecule has 0 saturated carbocycles. The number of nitrogens with one attached hydrogen (secondary N) is 2. The summed E-state index contributed by atoms with van der Waals surface area (Å²) in [4.78, 5) is 12.2. The van der Waals surface area contributed by atoms with Crippen molar-refractivity contribution in [1.82, 2.24) is 0 Å². The van der Waals surface area contributed by atoms with Gasteiger partial charge in [-0.05, 0) is 105 Å². The Balaban J connectivity index is 1.56. The molecule has 0 aliphatic heterocycles. The third-order valence-corrected chi connectivity index (χ3v) is 9.67. The summed E-state index contributed by atoms with van der Waals surface area (Å²) >= 11 is 0. The van der Waals surface area contributed by atoms with E-state index in [1.807, 2.05) is 49.4 Å². The molecule has 0 unspecified atom stereocenters. The molecule has 1 heterocycles. The van der Waals surface area contributed by atoms with E-state index in [1.54, 1.807) is 38.1 Å². The summed E-state index contributed by atoms with van der Waals surface area (Å²) in [6, 6.07) is 24.2. The molecular weight excluding hydrogens is 612 g/mol. The number of aryl methyl sites for hydroxylation is 5. The summed E-state index contributed by atoms with van der Waals surface area (Å²) < 4.78 is 40.9. The quantitative estimate of drug-likeness (QED) is 0.0766. The van der Waals surface area contributed by atoms with Gasteiger partial charge >= 0.3 is 17.1 Å². The number of carbonyl (C=O) groups is 1. The van der Waals surface area contributed by atoms with Crippen molar-refractivity contribution in [1.29, 1.82) is 0 Å². The van der Waals surface area contributed by atoms with Crippen molar-refractivity contribution in [3.63, 3.8) is 0 Å². The van der Waals surface area contributed by atoms with Gasteiger partial charge in [0.2, 0.25) is 0 Å². The minimum Gasteiger partial charge on any atom is -0.478 e. The minimum atomic E-state index is -4.45. The van der Waals surface area contributed by atoms with E-state index >= 15 is 0 Å². The largest absolute Gasteiger partial charge is 0.478 e. The van der Waals surface area contributed by atoms with E-state index in [0.717, 1.165) is 39.0 Å². The SMILES string of the molecule is Cc1cc(C)c(Nc2ccc3c(-c4ccccc4C(=O)O)c4ccc(Nc5c(C)cc(C)c(S(=O)(=O)O)c5C)cc4[o+]c3c2)c(C)c1. The van der Waals surface area contributed by atoms with E-state index < -0.39 is 16.1 Å². The van der Waals surface area contributed by atoms with Crippen LogP contribution < -0.4 is 10.6 Å². The van der Waals surface area contributed by atoms with Crippen LogP contribution in [0.15, 0.2) is 88.2 Å². The second-order valence-corrected chi connectivity index (χ2v) is 13.4. The van der Waals surface area contributed by atoms with Gasteiger partial charge in [-0.1, -0.05) is 42.0 Å². The molecule has 6 rings (SSSR count). The van der Waals surface area contributed by atoms with Crippen LogP contribution in [0.4, 0.5) is 22.7 Å². The van der Waals surface area contributed by atoms with Gasteiger partial charge in [0, 0.05) is 28.3 Å². The molecule has 47 heavy (non-hydrogen) atoms. The van der Waals surface area contributed by atoms with Crippen LogP contribution in [0.3, 0.4) is 0 Å². The Labute approximate surface area is 273 Å². The lowest BCUT2D eigenvalue weighted by molar-refractivity contribution is 0.0697. The van der Waals surface area contributed by atoms with Crippen LogP contribution in [0.1, 0.15) is 43.7 Å². The van der Waals surface area contributed by atoms with Crippen LogP contribution >= 0.6 is 0 Å². The predicted octanol–water partition coefficient (Wildman–Crippen LogP) is 9.82. The van der Waals surface area contributed by atoms with Gasteiger partial charge in [0.15, 0.2) is 0 Å². The molecule has 0 aliphatic carbocycles. The normalized spacial score (nSPS) is 11.6. The molecule has 6 aromatic rings. The molecule has 0 saturated heterocycles. The van der Waals surface area contributed by atoms with E-state index in [2.05, 4.69) is 43.5 Å². The highest BCUT2D eigenvalue weighted by atomic mass is 32.2. The van der Waals surface area contributed by atoms with Crippen LogP contribution in [-0.4, -0.2) is 24.0 Å². The molecular formula is C38H35N2O6S+. The summed E-state index contributed by atoms with van der Waals surface area (Å²) in [5.41, 5.74) is 10.5. The first-order chi connectivity index (χ1) is 22.2. The molecule has 0 bridgehead atoms. The molecule has 9 heteroatoms.